The van der Waals surface area contributed by atoms with Gasteiger partial charge in [0.1, 0.15) is 21.5 Å². The summed E-state index contributed by atoms with van der Waals surface area (Å²) in [7, 11) is 0. The van der Waals surface area contributed by atoms with E-state index in [9.17, 15) is 19.1 Å². The van der Waals surface area contributed by atoms with Crippen LogP contribution in [0.25, 0.3) is 0 Å². The van der Waals surface area contributed by atoms with Gasteiger partial charge in [-0.15, -0.1) is 11.3 Å². The van der Waals surface area contributed by atoms with E-state index < -0.39 is 5.97 Å². The fourth-order valence-corrected chi connectivity index (χ4v) is 5.07. The van der Waals surface area contributed by atoms with Gasteiger partial charge < -0.3 is 14.7 Å². The second kappa shape index (κ2) is 10.3. The SMILES string of the molecule is O=C(O)c1sc(C2CCCN2C(=O)COc2ccc(Cl)cc2)nc1CCc1ccc(F)cc1. The van der Waals surface area contributed by atoms with Crippen molar-refractivity contribution in [2.75, 3.05) is 13.2 Å². The molecule has 9 heteroatoms. The summed E-state index contributed by atoms with van der Waals surface area (Å²) in [6.07, 6.45) is 2.50. The highest BCUT2D eigenvalue weighted by atomic mass is 35.5. The molecule has 1 unspecified atom stereocenters. The number of rotatable bonds is 8. The van der Waals surface area contributed by atoms with Crippen molar-refractivity contribution in [2.45, 2.75) is 31.7 Å². The highest BCUT2D eigenvalue weighted by molar-refractivity contribution is 7.13. The first kappa shape index (κ1) is 23.2. The first-order chi connectivity index (χ1) is 15.9. The Labute approximate surface area is 199 Å². The highest BCUT2D eigenvalue weighted by Gasteiger charge is 2.33. The Bertz CT molecular complexity index is 1130. The molecule has 3 aromatic rings. The maximum atomic E-state index is 13.1. The number of benzene rings is 2. The van der Waals surface area contributed by atoms with E-state index in [1.54, 1.807) is 41.3 Å². The van der Waals surface area contributed by atoms with E-state index in [0.29, 0.717) is 40.9 Å². The zero-order valence-electron chi connectivity index (χ0n) is 17.7. The van der Waals surface area contributed by atoms with Crippen LogP contribution >= 0.6 is 22.9 Å². The molecule has 1 amide bonds. The topological polar surface area (TPSA) is 79.7 Å². The first-order valence-electron chi connectivity index (χ1n) is 10.6. The van der Waals surface area contributed by atoms with Crippen LogP contribution in [0.5, 0.6) is 5.75 Å². The molecule has 6 nitrogen and oxygen atoms in total. The van der Waals surface area contributed by atoms with Crippen molar-refractivity contribution < 1.29 is 23.8 Å². The van der Waals surface area contributed by atoms with E-state index in [1.165, 1.54) is 12.1 Å². The van der Waals surface area contributed by atoms with Crippen LogP contribution in [-0.4, -0.2) is 40.0 Å². The van der Waals surface area contributed by atoms with E-state index in [4.69, 9.17) is 16.3 Å². The summed E-state index contributed by atoms with van der Waals surface area (Å²) in [5.74, 6) is -0.969. The van der Waals surface area contributed by atoms with Gasteiger partial charge in [0.15, 0.2) is 6.61 Å². The van der Waals surface area contributed by atoms with Crippen LogP contribution in [0.15, 0.2) is 48.5 Å². The van der Waals surface area contributed by atoms with Gasteiger partial charge in [0.25, 0.3) is 5.91 Å². The van der Waals surface area contributed by atoms with Crippen LogP contribution in [0, 0.1) is 5.82 Å². The van der Waals surface area contributed by atoms with Crippen molar-refractivity contribution in [3.8, 4) is 5.75 Å². The Balaban J connectivity index is 1.45. The van der Waals surface area contributed by atoms with Crippen LogP contribution in [0.1, 0.15) is 44.8 Å². The first-order valence-corrected chi connectivity index (χ1v) is 11.8. The third-order valence-corrected chi connectivity index (χ3v) is 6.94. The van der Waals surface area contributed by atoms with Gasteiger partial charge in [-0.05, 0) is 67.6 Å². The average Bonchev–Trinajstić information content (AvgIpc) is 3.45. The van der Waals surface area contributed by atoms with Crippen molar-refractivity contribution in [3.63, 3.8) is 0 Å². The van der Waals surface area contributed by atoms with Gasteiger partial charge in [0.05, 0.1) is 11.7 Å². The summed E-state index contributed by atoms with van der Waals surface area (Å²) in [5.41, 5.74) is 1.39. The molecule has 33 heavy (non-hydrogen) atoms. The Hall–Kier alpha value is -2.97. The number of carboxylic acids is 1. The lowest BCUT2D eigenvalue weighted by atomic mass is 10.1. The molecule has 0 radical (unpaired) electrons. The van der Waals surface area contributed by atoms with Crippen LogP contribution in [0.3, 0.4) is 0 Å². The molecule has 1 saturated heterocycles. The summed E-state index contributed by atoms with van der Waals surface area (Å²) < 4.78 is 18.7. The van der Waals surface area contributed by atoms with Gasteiger partial charge >= 0.3 is 5.97 Å². The smallest absolute Gasteiger partial charge is 0.347 e. The number of carbonyl (C=O) groups excluding carboxylic acids is 1. The Morgan fingerprint density at radius 1 is 1.15 bits per heavy atom. The molecule has 0 saturated carbocycles. The van der Waals surface area contributed by atoms with E-state index in [-0.39, 0.29) is 29.3 Å². The van der Waals surface area contributed by atoms with Gasteiger partial charge in [-0.2, -0.15) is 0 Å². The predicted octanol–water partition coefficient (Wildman–Crippen LogP) is 5.16. The fraction of sp³-hybridized carbons (Fsp3) is 0.292. The van der Waals surface area contributed by atoms with Crippen molar-refractivity contribution in [2.24, 2.45) is 0 Å². The number of ether oxygens (including phenoxy) is 1. The summed E-state index contributed by atoms with van der Waals surface area (Å²) in [4.78, 5) is 31.2. The monoisotopic (exact) mass is 488 g/mol. The largest absolute Gasteiger partial charge is 0.484 e. The summed E-state index contributed by atoms with van der Waals surface area (Å²) in [5, 5.41) is 10.9. The number of carboxylic acid groups (broad SMARTS) is 1. The Morgan fingerprint density at radius 2 is 1.88 bits per heavy atom. The molecular weight excluding hydrogens is 467 g/mol. The van der Waals surface area contributed by atoms with Crippen LogP contribution in [0.4, 0.5) is 4.39 Å². The Morgan fingerprint density at radius 3 is 2.58 bits per heavy atom. The van der Waals surface area contributed by atoms with Crippen molar-refractivity contribution >= 4 is 34.8 Å². The predicted molar refractivity (Wildman–Crippen MR) is 124 cm³/mol. The van der Waals surface area contributed by atoms with Crippen molar-refractivity contribution in [1.82, 2.24) is 9.88 Å². The minimum atomic E-state index is -1.03. The van der Waals surface area contributed by atoms with E-state index in [1.807, 2.05) is 0 Å². The van der Waals surface area contributed by atoms with Crippen molar-refractivity contribution in [1.29, 1.82) is 0 Å². The van der Waals surface area contributed by atoms with Crippen LogP contribution < -0.4 is 4.74 Å². The summed E-state index contributed by atoms with van der Waals surface area (Å²) in [6.45, 7) is 0.451. The molecule has 2 aromatic carbocycles. The number of hydrogen-bond acceptors (Lipinski definition) is 5. The van der Waals surface area contributed by atoms with E-state index >= 15 is 0 Å². The van der Waals surface area contributed by atoms with E-state index in [0.717, 1.165) is 29.7 Å². The standard InChI is InChI=1S/C24H22ClFN2O4S/c25-16-6-10-18(11-7-16)32-14-21(29)28-13-1-2-20(28)23-27-19(22(33-23)24(30)31)12-5-15-3-8-17(26)9-4-15/h3-4,6-11,20H,1-2,5,12-14H2,(H,30,31). The molecule has 0 spiro atoms. The second-order valence-corrected chi connectivity index (χ2v) is 9.21. The lowest BCUT2D eigenvalue weighted by Crippen LogP contribution is -2.34. The quantitative estimate of drug-likeness (QED) is 0.473. The summed E-state index contributed by atoms with van der Waals surface area (Å²) in [6, 6.07) is 12.6. The maximum Gasteiger partial charge on any atom is 0.347 e. The minimum Gasteiger partial charge on any atom is -0.484 e. The average molecular weight is 489 g/mol. The number of nitrogens with zero attached hydrogens (tertiary/aromatic N) is 2. The van der Waals surface area contributed by atoms with Gasteiger partial charge in [0, 0.05) is 11.6 Å². The fourth-order valence-electron chi connectivity index (χ4n) is 3.84. The molecule has 1 fully saturated rings. The number of carbonyl (C=O) groups is 2. The molecule has 1 N–H and O–H groups in total. The van der Waals surface area contributed by atoms with E-state index in [2.05, 4.69) is 4.98 Å². The third kappa shape index (κ3) is 5.69. The molecule has 172 valence electrons. The van der Waals surface area contributed by atoms with Gasteiger partial charge in [-0.25, -0.2) is 14.2 Å². The number of amides is 1. The minimum absolute atomic E-state index is 0.118. The molecule has 2 heterocycles. The van der Waals surface area contributed by atoms with Gasteiger partial charge in [0.2, 0.25) is 0 Å². The molecule has 1 atom stereocenters. The molecule has 4 rings (SSSR count). The molecule has 0 bridgehead atoms. The lowest BCUT2D eigenvalue weighted by molar-refractivity contribution is -0.134. The van der Waals surface area contributed by atoms with Crippen LogP contribution in [-0.2, 0) is 17.6 Å². The highest BCUT2D eigenvalue weighted by Crippen LogP contribution is 2.36. The molecule has 1 aliphatic heterocycles. The van der Waals surface area contributed by atoms with Gasteiger partial charge in [-0.3, -0.25) is 4.79 Å². The molecular formula is C24H22ClFN2O4S. The van der Waals surface area contributed by atoms with Crippen molar-refractivity contribution in [3.05, 3.63) is 80.5 Å². The number of aromatic carboxylic acids is 1. The third-order valence-electron chi connectivity index (χ3n) is 5.51. The second-order valence-electron chi connectivity index (χ2n) is 7.75. The zero-order chi connectivity index (χ0) is 23.4. The number of halogens is 2. The number of aryl methyl sites for hydroxylation is 2. The zero-order valence-corrected chi connectivity index (χ0v) is 19.2. The number of hydrogen-bond donors (Lipinski definition) is 1. The normalized spacial score (nSPS) is 15.6. The molecule has 0 aliphatic carbocycles. The lowest BCUT2D eigenvalue weighted by Gasteiger charge is -2.23. The number of likely N-dealkylation sites (tertiary alicyclic amines) is 1. The molecule has 1 aromatic heterocycles. The Kier molecular flexibility index (Phi) is 7.25. The molecule has 1 aliphatic rings. The number of thiazole rings is 1. The number of aromatic nitrogens is 1. The van der Waals surface area contributed by atoms with Crippen LogP contribution in [0.2, 0.25) is 5.02 Å². The maximum absolute atomic E-state index is 13.1. The van der Waals surface area contributed by atoms with Gasteiger partial charge in [-0.1, -0.05) is 23.7 Å². The summed E-state index contributed by atoms with van der Waals surface area (Å²) >= 11 is 6.99.